The molecule has 0 bridgehead atoms. The Hall–Kier alpha value is -5.15. The number of carbonyl (C=O) groups excluding carboxylic acids is 1. The molecule has 58 heavy (non-hydrogen) atoms. The minimum atomic E-state index is -0.231. The Kier molecular flexibility index (Phi) is 14.9. The topological polar surface area (TPSA) is 93.6 Å². The number of piperazine rings is 2. The maximum Gasteiger partial charge on any atom is 0.220 e. The van der Waals surface area contributed by atoms with Crippen LogP contribution in [0.25, 0.3) is 0 Å². The van der Waals surface area contributed by atoms with Crippen LogP contribution in [0.1, 0.15) is 40.3 Å². The van der Waals surface area contributed by atoms with Crippen molar-refractivity contribution in [1.29, 1.82) is 0 Å². The normalized spacial score (nSPS) is 14.9. The molecule has 14 heteroatoms. The van der Waals surface area contributed by atoms with Crippen LogP contribution < -0.4 is 15.1 Å². The summed E-state index contributed by atoms with van der Waals surface area (Å²) in [6.07, 6.45) is 2.55. The van der Waals surface area contributed by atoms with Gasteiger partial charge in [-0.2, -0.15) is 8.75 Å². The Bertz CT molecular complexity index is 2120. The number of nitrogens with zero attached hydrogens (tertiary/aromatic N) is 8. The highest BCUT2D eigenvalue weighted by Crippen LogP contribution is 2.22. The zero-order valence-electron chi connectivity index (χ0n) is 32.6. The monoisotopic (exact) mass is 821 g/mol. The molecule has 302 valence electrons. The minimum absolute atomic E-state index is 0.107. The van der Waals surface area contributed by atoms with Crippen molar-refractivity contribution in [2.24, 2.45) is 0 Å². The third kappa shape index (κ3) is 12.7. The molecule has 2 saturated heterocycles. The Morgan fingerprint density at radius 1 is 0.569 bits per heavy atom. The van der Waals surface area contributed by atoms with Gasteiger partial charge in [0.15, 0.2) is 0 Å². The summed E-state index contributed by atoms with van der Waals surface area (Å²) in [5.74, 6) is 1.25. The first kappa shape index (κ1) is 41.0. The van der Waals surface area contributed by atoms with E-state index in [2.05, 4.69) is 86.1 Å². The van der Waals surface area contributed by atoms with Crippen LogP contribution in [-0.4, -0.2) is 99.9 Å². The van der Waals surface area contributed by atoms with Crippen molar-refractivity contribution in [2.45, 2.75) is 32.2 Å². The molecule has 2 fully saturated rings. The first-order chi connectivity index (χ1) is 28.4. The fraction of sp³-hybridized carbons (Fsp3) is 0.341. The number of carbonyl (C=O) groups is 1. The summed E-state index contributed by atoms with van der Waals surface area (Å²) < 4.78 is 35.0. The molecule has 2 aromatic heterocycles. The summed E-state index contributed by atoms with van der Waals surface area (Å²) in [5, 5.41) is 4.96. The quantitative estimate of drug-likeness (QED) is 0.129. The zero-order chi connectivity index (χ0) is 39.9. The van der Waals surface area contributed by atoms with Crippen LogP contribution in [0, 0.1) is 11.6 Å². The molecule has 0 radical (unpaired) electrons. The van der Waals surface area contributed by atoms with Gasteiger partial charge in [-0.25, -0.2) is 18.7 Å². The van der Waals surface area contributed by atoms with Gasteiger partial charge in [0.2, 0.25) is 16.2 Å². The fourth-order valence-electron chi connectivity index (χ4n) is 6.91. The van der Waals surface area contributed by atoms with Crippen molar-refractivity contribution in [1.82, 2.24) is 33.8 Å². The lowest BCUT2D eigenvalue weighted by Crippen LogP contribution is -2.48. The van der Waals surface area contributed by atoms with Gasteiger partial charge in [-0.05, 0) is 52.9 Å². The molecule has 0 saturated carbocycles. The van der Waals surface area contributed by atoms with Gasteiger partial charge in [0.25, 0.3) is 0 Å². The van der Waals surface area contributed by atoms with E-state index in [0.717, 1.165) is 105 Å². The number of rotatable bonds is 14. The Morgan fingerprint density at radius 2 is 1.03 bits per heavy atom. The number of nitrogens with one attached hydrogen (secondary N) is 1. The number of benzene rings is 4. The van der Waals surface area contributed by atoms with Crippen LogP contribution in [0.15, 0.2) is 109 Å². The van der Waals surface area contributed by atoms with Gasteiger partial charge < -0.3 is 15.1 Å². The summed E-state index contributed by atoms with van der Waals surface area (Å²) in [6, 6.07) is 33.7. The second kappa shape index (κ2) is 21.0. The number of aromatic nitrogens is 4. The SMILES string of the molecule is Fc1ccc(Cc2nsc(N3CCN(Cc4ccccc4)CC3)n2)cc1.O=C(CCc1ccccc1)NCCN1CCN(c2nc(Cc3ccc(F)cc3)ns2)CC1. The van der Waals surface area contributed by atoms with Gasteiger partial charge in [0.05, 0.1) is 0 Å². The largest absolute Gasteiger partial charge is 0.355 e. The predicted octanol–water partition coefficient (Wildman–Crippen LogP) is 6.73. The average Bonchev–Trinajstić information content (AvgIpc) is 3.93. The van der Waals surface area contributed by atoms with Crippen molar-refractivity contribution in [3.05, 3.63) is 155 Å². The zero-order valence-corrected chi connectivity index (χ0v) is 34.2. The predicted molar refractivity (Wildman–Crippen MR) is 229 cm³/mol. The molecule has 4 aromatic carbocycles. The van der Waals surface area contributed by atoms with E-state index in [9.17, 15) is 13.6 Å². The van der Waals surface area contributed by atoms with Crippen LogP contribution >= 0.6 is 23.1 Å². The molecule has 0 atom stereocenters. The van der Waals surface area contributed by atoms with Gasteiger partial charge in [-0.15, -0.1) is 0 Å². The molecule has 0 unspecified atom stereocenters. The van der Waals surface area contributed by atoms with E-state index in [1.807, 2.05) is 18.2 Å². The molecule has 2 aliphatic rings. The molecular weight excluding hydrogens is 773 g/mol. The maximum atomic E-state index is 13.1. The highest BCUT2D eigenvalue weighted by molar-refractivity contribution is 7.10. The Labute approximate surface area is 347 Å². The highest BCUT2D eigenvalue weighted by atomic mass is 32.1. The fourth-order valence-corrected chi connectivity index (χ4v) is 8.38. The number of hydrogen-bond donors (Lipinski definition) is 1. The molecule has 2 aliphatic heterocycles. The lowest BCUT2D eigenvalue weighted by molar-refractivity contribution is -0.121. The lowest BCUT2D eigenvalue weighted by atomic mass is 10.1. The molecule has 8 rings (SSSR count). The smallest absolute Gasteiger partial charge is 0.220 e. The van der Waals surface area contributed by atoms with Gasteiger partial charge in [0, 0.05) is 114 Å². The molecule has 10 nitrogen and oxygen atoms in total. The van der Waals surface area contributed by atoms with Crippen LogP contribution in [0.5, 0.6) is 0 Å². The van der Waals surface area contributed by atoms with Gasteiger partial charge in [-0.1, -0.05) is 84.9 Å². The molecule has 1 N–H and O–H groups in total. The van der Waals surface area contributed by atoms with E-state index in [1.54, 1.807) is 24.3 Å². The molecule has 4 heterocycles. The van der Waals surface area contributed by atoms with E-state index in [-0.39, 0.29) is 17.5 Å². The van der Waals surface area contributed by atoms with E-state index in [0.29, 0.717) is 25.8 Å². The number of hydrogen-bond acceptors (Lipinski definition) is 11. The summed E-state index contributed by atoms with van der Waals surface area (Å²) in [7, 11) is 0. The molecule has 1 amide bonds. The molecule has 6 aromatic rings. The Morgan fingerprint density at radius 3 is 1.53 bits per heavy atom. The summed E-state index contributed by atoms with van der Waals surface area (Å²) in [5.41, 5.74) is 4.59. The van der Waals surface area contributed by atoms with Crippen molar-refractivity contribution < 1.29 is 13.6 Å². The lowest BCUT2D eigenvalue weighted by Gasteiger charge is -2.34. The minimum Gasteiger partial charge on any atom is -0.355 e. The van der Waals surface area contributed by atoms with Crippen LogP contribution in [0.4, 0.5) is 19.0 Å². The summed E-state index contributed by atoms with van der Waals surface area (Å²) >= 11 is 2.88. The average molecular weight is 822 g/mol. The molecule has 0 spiro atoms. The van der Waals surface area contributed by atoms with Crippen molar-refractivity contribution in [3.8, 4) is 0 Å². The van der Waals surface area contributed by atoms with E-state index in [1.165, 1.54) is 58.5 Å². The first-order valence-electron chi connectivity index (χ1n) is 19.8. The summed E-state index contributed by atoms with van der Waals surface area (Å²) in [4.78, 5) is 30.9. The van der Waals surface area contributed by atoms with Crippen LogP contribution in [0.2, 0.25) is 0 Å². The molecule has 0 aliphatic carbocycles. The van der Waals surface area contributed by atoms with Gasteiger partial charge in [-0.3, -0.25) is 14.6 Å². The summed E-state index contributed by atoms with van der Waals surface area (Å²) in [6.45, 7) is 10.2. The number of amides is 1. The van der Waals surface area contributed by atoms with E-state index < -0.39 is 0 Å². The first-order valence-corrected chi connectivity index (χ1v) is 21.4. The molecular formula is C44H49F2N9OS2. The standard InChI is InChI=1S/C24H28FN5OS.C20H21FN4S/c25-21-9-6-20(7-10-21)18-22-27-24(32-28-22)30-16-14-29(15-17-30)13-12-26-23(31)11-8-19-4-2-1-3-5-19;21-18-8-6-16(7-9-18)14-19-22-20(26-23-19)25-12-10-24(11-13-25)15-17-4-2-1-3-5-17/h1-7,9-10H,8,11-18H2,(H,26,31);1-9H,10-15H2. The number of aryl methyl sites for hydroxylation is 1. The Balaban J connectivity index is 0.000000180. The van der Waals surface area contributed by atoms with Crippen molar-refractivity contribution in [2.75, 3.05) is 75.2 Å². The maximum absolute atomic E-state index is 13.1. The van der Waals surface area contributed by atoms with Gasteiger partial charge in [0.1, 0.15) is 23.3 Å². The van der Waals surface area contributed by atoms with Crippen LogP contribution in [-0.2, 0) is 30.6 Å². The van der Waals surface area contributed by atoms with Crippen LogP contribution in [0.3, 0.4) is 0 Å². The highest BCUT2D eigenvalue weighted by Gasteiger charge is 2.22. The van der Waals surface area contributed by atoms with Crippen molar-refractivity contribution in [3.63, 3.8) is 0 Å². The van der Waals surface area contributed by atoms with Crippen molar-refractivity contribution >= 4 is 39.2 Å². The van der Waals surface area contributed by atoms with Gasteiger partial charge >= 0.3 is 0 Å². The number of anilines is 2. The van der Waals surface area contributed by atoms with E-state index in [4.69, 9.17) is 0 Å². The van der Waals surface area contributed by atoms with E-state index >= 15 is 0 Å². The third-order valence-electron chi connectivity index (χ3n) is 10.2. The second-order valence-corrected chi connectivity index (χ2v) is 16.0. The third-order valence-corrected chi connectivity index (χ3v) is 11.9. The number of halogens is 2. The second-order valence-electron chi connectivity index (χ2n) is 14.5.